The van der Waals surface area contributed by atoms with Crippen molar-refractivity contribution in [3.8, 4) is 0 Å². The number of anilines is 1. The van der Waals surface area contributed by atoms with Crippen LogP contribution in [0.2, 0.25) is 0 Å². The van der Waals surface area contributed by atoms with Gasteiger partial charge in [-0.3, -0.25) is 0 Å². The van der Waals surface area contributed by atoms with E-state index in [9.17, 15) is 9.59 Å². The molecule has 0 atom stereocenters. The van der Waals surface area contributed by atoms with Crippen molar-refractivity contribution in [2.45, 2.75) is 51.8 Å². The monoisotopic (exact) mass is 349 g/mol. The number of rotatable bonds is 4. The number of amides is 2. The summed E-state index contributed by atoms with van der Waals surface area (Å²) in [4.78, 5) is 24.2. The molecule has 0 spiro atoms. The van der Waals surface area contributed by atoms with Crippen LogP contribution in [-0.2, 0) is 11.3 Å². The molecule has 1 aliphatic rings. The smallest absolute Gasteiger partial charge is 0.407 e. The minimum atomic E-state index is -0.861. The molecule has 0 unspecified atom stereocenters. The lowest BCUT2D eigenvalue weighted by molar-refractivity contribution is 0.0523. The van der Waals surface area contributed by atoms with Crippen molar-refractivity contribution in [2.24, 2.45) is 0 Å². The number of benzene rings is 1. The number of para-hydroxylation sites is 1. The zero-order chi connectivity index (χ0) is 18.4. The molecule has 1 heterocycles. The highest BCUT2D eigenvalue weighted by Gasteiger charge is 2.22. The summed E-state index contributed by atoms with van der Waals surface area (Å²) in [6.45, 7) is 6.91. The van der Waals surface area contributed by atoms with Gasteiger partial charge in [-0.15, -0.1) is 0 Å². The van der Waals surface area contributed by atoms with Crippen molar-refractivity contribution in [2.75, 3.05) is 18.4 Å². The maximum Gasteiger partial charge on any atom is 0.407 e. The number of carboxylic acid groups (broad SMARTS) is 1. The van der Waals surface area contributed by atoms with Gasteiger partial charge in [0.2, 0.25) is 0 Å². The van der Waals surface area contributed by atoms with Crippen molar-refractivity contribution >= 4 is 17.9 Å². The summed E-state index contributed by atoms with van der Waals surface area (Å²) in [6.07, 6.45) is 0.220. The lowest BCUT2D eigenvalue weighted by Crippen LogP contribution is -2.41. The number of nitrogens with zero attached hydrogens (tertiary/aromatic N) is 1. The van der Waals surface area contributed by atoms with Crippen LogP contribution < -0.4 is 10.6 Å². The molecule has 1 saturated heterocycles. The van der Waals surface area contributed by atoms with Crippen molar-refractivity contribution < 1.29 is 19.4 Å². The van der Waals surface area contributed by atoms with Crippen LogP contribution in [0.4, 0.5) is 15.3 Å². The lowest BCUT2D eigenvalue weighted by Gasteiger charge is -2.31. The van der Waals surface area contributed by atoms with E-state index >= 15 is 0 Å². The number of alkyl carbamates (subject to hydrolysis) is 1. The van der Waals surface area contributed by atoms with E-state index in [1.165, 1.54) is 4.90 Å². The third-order valence-electron chi connectivity index (χ3n) is 3.96. The highest BCUT2D eigenvalue weighted by molar-refractivity contribution is 5.68. The van der Waals surface area contributed by atoms with E-state index in [1.807, 2.05) is 45.0 Å². The van der Waals surface area contributed by atoms with Crippen molar-refractivity contribution in [1.29, 1.82) is 0 Å². The van der Waals surface area contributed by atoms with Gasteiger partial charge in [0.05, 0.1) is 0 Å². The number of nitrogens with one attached hydrogen (secondary N) is 2. The summed E-state index contributed by atoms with van der Waals surface area (Å²) in [5, 5.41) is 15.3. The maximum atomic E-state index is 11.8. The fourth-order valence-electron chi connectivity index (χ4n) is 2.73. The predicted molar refractivity (Wildman–Crippen MR) is 95.8 cm³/mol. The molecule has 0 bridgehead atoms. The molecule has 1 aromatic carbocycles. The van der Waals surface area contributed by atoms with E-state index in [2.05, 4.69) is 10.6 Å². The van der Waals surface area contributed by atoms with Crippen LogP contribution in [0.25, 0.3) is 0 Å². The van der Waals surface area contributed by atoms with Crippen LogP contribution in [0.3, 0.4) is 0 Å². The van der Waals surface area contributed by atoms with Gasteiger partial charge in [-0.25, -0.2) is 9.59 Å². The molecule has 1 aromatic rings. The molecule has 2 rings (SSSR count). The number of likely N-dealkylation sites (tertiary alicyclic amines) is 1. The average molecular weight is 349 g/mol. The van der Waals surface area contributed by atoms with E-state index in [4.69, 9.17) is 9.84 Å². The Balaban J connectivity index is 1.90. The third-order valence-corrected chi connectivity index (χ3v) is 3.96. The Kier molecular flexibility index (Phi) is 6.12. The zero-order valence-electron chi connectivity index (χ0n) is 15.0. The Bertz CT molecular complexity index is 605. The van der Waals surface area contributed by atoms with Crippen LogP contribution in [-0.4, -0.2) is 46.9 Å². The average Bonchev–Trinajstić information content (AvgIpc) is 2.53. The summed E-state index contributed by atoms with van der Waals surface area (Å²) in [5.74, 6) is 0. The normalized spacial score (nSPS) is 15.6. The summed E-state index contributed by atoms with van der Waals surface area (Å²) in [5.41, 5.74) is 1.39. The number of piperidine rings is 1. The second kappa shape index (κ2) is 8.09. The van der Waals surface area contributed by atoms with Gasteiger partial charge in [0.25, 0.3) is 0 Å². The zero-order valence-corrected chi connectivity index (χ0v) is 15.0. The molecule has 0 aromatic heterocycles. The van der Waals surface area contributed by atoms with Gasteiger partial charge >= 0.3 is 12.2 Å². The molecule has 0 aliphatic carbocycles. The van der Waals surface area contributed by atoms with Crippen LogP contribution in [0.5, 0.6) is 0 Å². The summed E-state index contributed by atoms with van der Waals surface area (Å²) in [7, 11) is 0. The third kappa shape index (κ3) is 6.17. The molecule has 1 aliphatic heterocycles. The lowest BCUT2D eigenvalue weighted by atomic mass is 10.0. The quantitative estimate of drug-likeness (QED) is 0.776. The van der Waals surface area contributed by atoms with Gasteiger partial charge in [0, 0.05) is 31.4 Å². The highest BCUT2D eigenvalue weighted by atomic mass is 16.6. The largest absolute Gasteiger partial charge is 0.465 e. The molecular formula is C18H27N3O4. The number of hydrogen-bond acceptors (Lipinski definition) is 4. The number of carbonyl (C=O) groups excluding carboxylic acids is 1. The van der Waals surface area contributed by atoms with Gasteiger partial charge in [-0.05, 0) is 45.2 Å². The molecule has 3 N–H and O–H groups in total. The first-order chi connectivity index (χ1) is 11.7. The first-order valence-electron chi connectivity index (χ1n) is 8.54. The molecule has 138 valence electrons. The first-order valence-corrected chi connectivity index (χ1v) is 8.54. The fourth-order valence-corrected chi connectivity index (χ4v) is 2.73. The SMILES string of the molecule is CC(C)(C)OC(=O)NCc1ccccc1NC1CCN(C(=O)O)CC1. The van der Waals surface area contributed by atoms with E-state index in [0.29, 0.717) is 19.6 Å². The fraction of sp³-hybridized carbons (Fsp3) is 0.556. The topological polar surface area (TPSA) is 90.9 Å². The molecule has 2 amide bonds. The van der Waals surface area contributed by atoms with Crippen LogP contribution >= 0.6 is 0 Å². The minimum Gasteiger partial charge on any atom is -0.465 e. The highest BCUT2D eigenvalue weighted by Crippen LogP contribution is 2.20. The van der Waals surface area contributed by atoms with Gasteiger partial charge in [0.1, 0.15) is 5.60 Å². The first kappa shape index (κ1) is 18.9. The van der Waals surface area contributed by atoms with E-state index < -0.39 is 17.8 Å². The van der Waals surface area contributed by atoms with Crippen molar-refractivity contribution in [3.63, 3.8) is 0 Å². The summed E-state index contributed by atoms with van der Waals surface area (Å²) >= 11 is 0. The number of ether oxygens (including phenoxy) is 1. The Morgan fingerprint density at radius 3 is 2.48 bits per heavy atom. The molecule has 1 fully saturated rings. The van der Waals surface area contributed by atoms with E-state index in [1.54, 1.807) is 0 Å². The van der Waals surface area contributed by atoms with Crippen LogP contribution in [0, 0.1) is 0 Å². The Hall–Kier alpha value is -2.44. The Labute approximate surface area is 148 Å². The second-order valence-electron chi connectivity index (χ2n) is 7.20. The maximum absolute atomic E-state index is 11.8. The van der Waals surface area contributed by atoms with E-state index in [-0.39, 0.29) is 6.04 Å². The van der Waals surface area contributed by atoms with Crippen molar-refractivity contribution in [3.05, 3.63) is 29.8 Å². The number of hydrogen-bond donors (Lipinski definition) is 3. The van der Waals surface area contributed by atoms with Gasteiger partial charge in [-0.2, -0.15) is 0 Å². The van der Waals surface area contributed by atoms with Crippen LogP contribution in [0.1, 0.15) is 39.2 Å². The van der Waals surface area contributed by atoms with Gasteiger partial charge in [0.15, 0.2) is 0 Å². The summed E-state index contributed by atoms with van der Waals surface area (Å²) in [6, 6.07) is 8.00. The van der Waals surface area contributed by atoms with E-state index in [0.717, 1.165) is 24.1 Å². The molecule has 0 saturated carbocycles. The summed E-state index contributed by atoms with van der Waals surface area (Å²) < 4.78 is 5.25. The van der Waals surface area contributed by atoms with Crippen LogP contribution in [0.15, 0.2) is 24.3 Å². The second-order valence-corrected chi connectivity index (χ2v) is 7.20. The molecule has 0 radical (unpaired) electrons. The molecule has 7 heteroatoms. The molecule has 7 nitrogen and oxygen atoms in total. The Morgan fingerprint density at radius 2 is 1.88 bits per heavy atom. The Morgan fingerprint density at radius 1 is 1.24 bits per heavy atom. The van der Waals surface area contributed by atoms with Crippen molar-refractivity contribution in [1.82, 2.24) is 10.2 Å². The minimum absolute atomic E-state index is 0.221. The predicted octanol–water partition coefficient (Wildman–Crippen LogP) is 3.27. The number of carbonyl (C=O) groups is 2. The van der Waals surface area contributed by atoms with Gasteiger partial charge in [-0.1, -0.05) is 18.2 Å². The molecular weight excluding hydrogens is 322 g/mol. The molecule has 25 heavy (non-hydrogen) atoms. The van der Waals surface area contributed by atoms with Gasteiger partial charge < -0.3 is 25.4 Å². The standard InChI is InChI=1S/C18H27N3O4/c1-18(2,3)25-16(22)19-12-13-6-4-5-7-15(13)20-14-8-10-21(11-9-14)17(23)24/h4-7,14,20H,8-12H2,1-3H3,(H,19,22)(H,23,24).